The zero-order chi connectivity index (χ0) is 88.4. The summed E-state index contributed by atoms with van der Waals surface area (Å²) in [6.45, 7) is 70.6. The molecule has 10 rings (SSSR count). The van der Waals surface area contributed by atoms with Gasteiger partial charge in [-0.15, -0.1) is 0 Å². The monoisotopic (exact) mass is 1610 g/mol. The van der Waals surface area contributed by atoms with Crippen LogP contribution in [0.5, 0.6) is 46.0 Å². The molecular weight excluding hydrogens is 1480 g/mol. The first-order chi connectivity index (χ1) is 56.2. The van der Waals surface area contributed by atoms with E-state index in [4.69, 9.17) is 37.9 Å². The van der Waals surface area contributed by atoms with Gasteiger partial charge in [-0.05, 0) is 177 Å². The lowest BCUT2D eigenvalue weighted by atomic mass is 9.79. The molecule has 16 bridgehead atoms. The van der Waals surface area contributed by atoms with Crippen molar-refractivity contribution in [2.24, 2.45) is 0 Å². The molecule has 0 fully saturated rings. The van der Waals surface area contributed by atoms with Gasteiger partial charge in [-0.1, -0.05) is 314 Å². The van der Waals surface area contributed by atoms with Gasteiger partial charge in [0.2, 0.25) is 0 Å². The van der Waals surface area contributed by atoms with Crippen LogP contribution in [0.2, 0.25) is 0 Å². The van der Waals surface area contributed by atoms with Crippen molar-refractivity contribution >= 4 is 0 Å². The summed E-state index contributed by atoms with van der Waals surface area (Å²) in [7, 11) is 0. The second-order valence-electron chi connectivity index (χ2n) is 40.6. The van der Waals surface area contributed by atoms with Gasteiger partial charge in [0.1, 0.15) is 96.7 Å². The van der Waals surface area contributed by atoms with Gasteiger partial charge in [-0.25, -0.2) is 0 Å². The number of benzene rings is 8. The van der Waals surface area contributed by atoms with Gasteiger partial charge < -0.3 is 37.9 Å². The number of hydrogen-bond acceptors (Lipinski definition) is 12. The van der Waals surface area contributed by atoms with E-state index in [1.807, 2.05) is 0 Å². The predicted octanol–water partition coefficient (Wildman–Crippen LogP) is 25.0. The average molecular weight is 1610 g/mol. The molecule has 0 aliphatic heterocycles. The average Bonchev–Trinajstić information content (AvgIpc) is 0.763. The van der Waals surface area contributed by atoms with Crippen molar-refractivity contribution in [2.75, 3.05) is 52.9 Å². The molecule has 12 heteroatoms. The maximum Gasteiger partial charge on any atom is 0.174 e. The van der Waals surface area contributed by atoms with Crippen molar-refractivity contribution in [1.29, 1.82) is 21.0 Å². The Morgan fingerprint density at radius 3 is 0.392 bits per heavy atom. The van der Waals surface area contributed by atoms with E-state index < -0.39 is 0 Å². The van der Waals surface area contributed by atoms with E-state index in [0.29, 0.717) is 101 Å². The van der Waals surface area contributed by atoms with E-state index in [0.717, 1.165) is 112 Å². The van der Waals surface area contributed by atoms with E-state index in [-0.39, 0.29) is 69.7 Å². The highest BCUT2D eigenvalue weighted by Gasteiger charge is 2.34. The summed E-state index contributed by atoms with van der Waals surface area (Å²) in [5.74, 6) is 5.99. The highest BCUT2D eigenvalue weighted by atomic mass is 16.5. The number of fused-ring (bicyclic) bond motifs is 16. The van der Waals surface area contributed by atoms with Crippen LogP contribution < -0.4 is 37.9 Å². The van der Waals surface area contributed by atoms with Gasteiger partial charge in [0.15, 0.2) is 26.4 Å². The van der Waals surface area contributed by atoms with Crippen LogP contribution in [0.1, 0.15) is 300 Å². The second kappa shape index (κ2) is 37.8. The molecule has 8 aromatic carbocycles. The Bertz CT molecular complexity index is 4460. The molecule has 0 atom stereocenters. The third kappa shape index (κ3) is 23.0. The van der Waals surface area contributed by atoms with Crippen molar-refractivity contribution in [2.45, 2.75) is 261 Å². The fraction of sp³-hybridized carbons (Fsp3) is 0.444. The van der Waals surface area contributed by atoms with Gasteiger partial charge in [-0.3, -0.25) is 0 Å². The Balaban J connectivity index is 0.000000273. The molecule has 0 saturated heterocycles. The molecule has 0 unspecified atom stereocenters. The van der Waals surface area contributed by atoms with Gasteiger partial charge >= 0.3 is 0 Å². The molecule has 0 saturated carbocycles. The Hall–Kier alpha value is -10.9. The molecule has 0 N–H and O–H groups in total. The summed E-state index contributed by atoms with van der Waals surface area (Å²) in [5, 5.41) is 39.7. The maximum absolute atomic E-state index is 9.92. The topological polar surface area (TPSA) is 169 Å². The lowest BCUT2D eigenvalue weighted by Gasteiger charge is -2.29. The molecule has 12 nitrogen and oxygen atoms in total. The molecule has 0 aromatic heterocycles. The van der Waals surface area contributed by atoms with Crippen LogP contribution in [0.4, 0.5) is 0 Å². The zero-order valence-corrected chi connectivity index (χ0v) is 76.7. The minimum absolute atomic E-state index is 0.0920. The van der Waals surface area contributed by atoms with E-state index in [9.17, 15) is 21.0 Å². The van der Waals surface area contributed by atoms with Crippen LogP contribution in [0, 0.1) is 45.3 Å². The minimum atomic E-state index is -0.188. The quantitative estimate of drug-likeness (QED) is 0.0663. The zero-order valence-electron chi connectivity index (χ0n) is 76.7. The number of ether oxygens (including phenoxy) is 8. The Morgan fingerprint density at radius 2 is 0.308 bits per heavy atom. The van der Waals surface area contributed by atoms with Gasteiger partial charge in [0.05, 0.1) is 0 Å². The summed E-state index contributed by atoms with van der Waals surface area (Å²) in [5.41, 5.74) is 23.9. The number of nitriles is 4. The molecule has 0 spiro atoms. The third-order valence-corrected chi connectivity index (χ3v) is 22.4. The van der Waals surface area contributed by atoms with Crippen LogP contribution >= 0.6 is 0 Å². The molecule has 0 heterocycles. The Morgan fingerprint density at radius 1 is 0.208 bits per heavy atom. The molecule has 0 amide bonds. The van der Waals surface area contributed by atoms with Crippen LogP contribution in [-0.4, -0.2) is 52.9 Å². The first-order valence-corrected chi connectivity index (χ1v) is 42.4. The largest absolute Gasteiger partial charge is 0.489 e. The van der Waals surface area contributed by atoms with E-state index in [2.05, 4.69) is 314 Å². The highest BCUT2D eigenvalue weighted by molar-refractivity contribution is 5.64. The maximum atomic E-state index is 9.92. The predicted molar refractivity (Wildman–Crippen MR) is 491 cm³/mol. The van der Waals surface area contributed by atoms with Crippen molar-refractivity contribution in [3.05, 3.63) is 281 Å². The summed E-state index contributed by atoms with van der Waals surface area (Å²) in [6.07, 6.45) is 11.1. The lowest BCUT2D eigenvalue weighted by Crippen LogP contribution is -2.18. The summed E-state index contributed by atoms with van der Waals surface area (Å²) >= 11 is 0. The third-order valence-electron chi connectivity index (χ3n) is 22.4. The Labute approximate surface area is 719 Å². The number of hydrogen-bond donors (Lipinski definition) is 0. The number of nitrogens with zero attached hydrogens (tertiary/aromatic N) is 4. The van der Waals surface area contributed by atoms with Crippen molar-refractivity contribution < 1.29 is 37.9 Å². The lowest BCUT2D eigenvalue weighted by molar-refractivity contribution is 0.348. The van der Waals surface area contributed by atoms with Crippen LogP contribution in [0.25, 0.3) is 0 Å². The van der Waals surface area contributed by atoms with Crippen LogP contribution in [0.3, 0.4) is 0 Å². The molecule has 120 heavy (non-hydrogen) atoms. The van der Waals surface area contributed by atoms with Crippen molar-refractivity contribution in [3.8, 4) is 70.3 Å². The highest BCUT2D eigenvalue weighted by Crippen LogP contribution is 2.49. The normalized spacial score (nSPS) is 13.1. The molecule has 2 aliphatic rings. The first kappa shape index (κ1) is 93.0. The molecule has 8 aromatic rings. The van der Waals surface area contributed by atoms with Crippen molar-refractivity contribution in [3.63, 3.8) is 0 Å². The van der Waals surface area contributed by atoms with Crippen molar-refractivity contribution in [1.82, 2.24) is 0 Å². The fourth-order valence-corrected chi connectivity index (χ4v) is 15.7. The SMILES string of the molecule is C=CCOc1c2cc(C(C)(C)C)cc1Cc1cc(C(C)(C)C)cc(c1OCC#N)Cc1cc(C(C)(C)C)cc(c1OCC=C)Cc1cc(C(C)(C)C)cc(c1OCC#N)C2.C=CCOc1c2cc(C(C)(C)C)cc1Cc1cc(C(C)(C)C)cc(c1OCC#N)Cc1cc(C(C)(C)C)cc(c1OCC=C)Cc1cc(C(C)(C)C)cc(c1OCC#N)C2. The smallest absolute Gasteiger partial charge is 0.174 e. The van der Waals surface area contributed by atoms with Crippen LogP contribution in [-0.2, 0) is 94.7 Å². The van der Waals surface area contributed by atoms with Gasteiger partial charge in [0.25, 0.3) is 0 Å². The molecule has 0 radical (unpaired) electrons. The molecule has 632 valence electrons. The summed E-state index contributed by atoms with van der Waals surface area (Å²) < 4.78 is 53.0. The minimum Gasteiger partial charge on any atom is -0.489 e. The van der Waals surface area contributed by atoms with E-state index >= 15 is 0 Å². The van der Waals surface area contributed by atoms with E-state index in [1.54, 1.807) is 24.3 Å². The molecule has 2 aliphatic carbocycles. The Kier molecular flexibility index (Phi) is 29.3. The summed E-state index contributed by atoms with van der Waals surface area (Å²) in [6, 6.07) is 45.1. The number of rotatable bonds is 20. The fourth-order valence-electron chi connectivity index (χ4n) is 15.7. The van der Waals surface area contributed by atoms with Gasteiger partial charge in [0, 0.05) is 51.4 Å². The second-order valence-corrected chi connectivity index (χ2v) is 40.6. The van der Waals surface area contributed by atoms with Gasteiger partial charge in [-0.2, -0.15) is 21.0 Å². The van der Waals surface area contributed by atoms with E-state index in [1.165, 1.54) is 44.5 Å². The van der Waals surface area contributed by atoms with Crippen LogP contribution in [0.15, 0.2) is 148 Å². The summed E-state index contributed by atoms with van der Waals surface area (Å²) in [4.78, 5) is 0. The first-order valence-electron chi connectivity index (χ1n) is 42.4. The standard InChI is InChI=1S/2C54H66N2O4/c2*1-15-19-57-47-35-23-39-31-45(53(9,10)11)33-41(49(39)59-21-17-55)25-37-29-44(52(6,7)8)30-38(48(37)58-20-16-2)26-42-34-46(54(12,13)14)32-40(50(42)60-22-18-56)24-36(47)28-43(27-35)51(3,4)5/h2*15-16,27-34H,1-2,19-26H2,3-14H3. The molecular formula is C108H132N4O8.